The van der Waals surface area contributed by atoms with Crippen LogP contribution >= 0.6 is 12.6 Å². The summed E-state index contributed by atoms with van der Waals surface area (Å²) in [4.78, 5) is 10.7. The Morgan fingerprint density at radius 2 is 2.18 bits per heavy atom. The highest BCUT2D eigenvalue weighted by Gasteiger charge is 2.09. The molecule has 0 bridgehead atoms. The molecule has 3 heteroatoms. The molecule has 1 rings (SSSR count). The molecule has 58 valence electrons. The summed E-state index contributed by atoms with van der Waals surface area (Å²) in [7, 11) is 0. The largest absolute Gasteiger partial charge is 0.282 e. The second-order valence-corrected chi connectivity index (χ2v) is 2.64. The Balaban J connectivity index is 3.32. The van der Waals surface area contributed by atoms with Gasteiger partial charge in [0.15, 0.2) is 0 Å². The first-order chi connectivity index (χ1) is 5.13. The smallest absolute Gasteiger partial charge is 0.219 e. The molecule has 0 saturated carbocycles. The minimum absolute atomic E-state index is 0.0656. The minimum atomic E-state index is -0.527. The third-order valence-corrected chi connectivity index (χ3v) is 1.66. The zero-order chi connectivity index (χ0) is 8.43. The molecule has 0 N–H and O–H groups in total. The zero-order valence-corrected chi connectivity index (χ0v) is 6.86. The molecule has 0 unspecified atom stereocenters. The quantitative estimate of drug-likeness (QED) is 0.639. The van der Waals surface area contributed by atoms with Gasteiger partial charge in [0.2, 0.25) is 5.12 Å². The molecule has 0 aliphatic rings. The van der Waals surface area contributed by atoms with E-state index in [9.17, 15) is 9.18 Å². The van der Waals surface area contributed by atoms with Gasteiger partial charge < -0.3 is 0 Å². The third kappa shape index (κ3) is 1.60. The molecule has 0 aliphatic carbocycles. The van der Waals surface area contributed by atoms with Gasteiger partial charge in [0, 0.05) is 0 Å². The standard InChI is InChI=1S/C8H7FOS/c1-5-3-2-4-6(9)7(5)8(10)11/h2-4H,1H3,(H,10,11). The van der Waals surface area contributed by atoms with E-state index in [1.807, 2.05) is 0 Å². The molecule has 0 amide bonds. The van der Waals surface area contributed by atoms with E-state index < -0.39 is 10.9 Å². The van der Waals surface area contributed by atoms with Crippen LogP contribution in [0.2, 0.25) is 0 Å². The van der Waals surface area contributed by atoms with E-state index in [0.717, 1.165) is 0 Å². The van der Waals surface area contributed by atoms with Gasteiger partial charge in [-0.15, -0.1) is 12.6 Å². The monoisotopic (exact) mass is 170 g/mol. The van der Waals surface area contributed by atoms with Gasteiger partial charge in [0.1, 0.15) is 5.82 Å². The Kier molecular flexibility index (Phi) is 2.29. The fourth-order valence-electron chi connectivity index (χ4n) is 0.903. The number of carbonyl (C=O) groups is 1. The lowest BCUT2D eigenvalue weighted by Crippen LogP contribution is -1.97. The first kappa shape index (κ1) is 8.27. The number of hydrogen-bond donors (Lipinski definition) is 1. The van der Waals surface area contributed by atoms with Crippen LogP contribution in [0.3, 0.4) is 0 Å². The summed E-state index contributed by atoms with van der Waals surface area (Å²) in [6.45, 7) is 1.67. The lowest BCUT2D eigenvalue weighted by molar-refractivity contribution is 0.108. The summed E-state index contributed by atoms with van der Waals surface area (Å²) in [6, 6.07) is 4.48. The fourth-order valence-corrected chi connectivity index (χ4v) is 1.19. The highest BCUT2D eigenvalue weighted by molar-refractivity contribution is 7.97. The van der Waals surface area contributed by atoms with Gasteiger partial charge in [-0.3, -0.25) is 4.79 Å². The topological polar surface area (TPSA) is 17.1 Å². The van der Waals surface area contributed by atoms with E-state index in [1.165, 1.54) is 6.07 Å². The average molecular weight is 170 g/mol. The van der Waals surface area contributed by atoms with Gasteiger partial charge in [-0.05, 0) is 18.6 Å². The molecule has 0 atom stereocenters. The number of hydrogen-bond acceptors (Lipinski definition) is 1. The summed E-state index contributed by atoms with van der Waals surface area (Å²) in [5.74, 6) is -0.509. The van der Waals surface area contributed by atoms with E-state index in [-0.39, 0.29) is 5.56 Å². The van der Waals surface area contributed by atoms with Crippen molar-refractivity contribution in [3.8, 4) is 0 Å². The van der Waals surface area contributed by atoms with Crippen molar-refractivity contribution in [2.45, 2.75) is 6.92 Å². The van der Waals surface area contributed by atoms with Crippen LogP contribution in [0.15, 0.2) is 18.2 Å². The van der Waals surface area contributed by atoms with Crippen LogP contribution in [0, 0.1) is 12.7 Å². The number of benzene rings is 1. The molecule has 0 saturated heterocycles. The molecule has 0 radical (unpaired) electrons. The van der Waals surface area contributed by atoms with Gasteiger partial charge in [-0.25, -0.2) is 4.39 Å². The maximum absolute atomic E-state index is 12.8. The molecular formula is C8H7FOS. The Bertz CT molecular complexity index is 276. The van der Waals surface area contributed by atoms with Crippen molar-refractivity contribution < 1.29 is 9.18 Å². The normalized spacial score (nSPS) is 9.73. The lowest BCUT2D eigenvalue weighted by Gasteiger charge is -2.00. The molecule has 0 heterocycles. The van der Waals surface area contributed by atoms with E-state index in [1.54, 1.807) is 19.1 Å². The SMILES string of the molecule is Cc1cccc(F)c1C(=O)S. The van der Waals surface area contributed by atoms with Crippen molar-refractivity contribution in [3.63, 3.8) is 0 Å². The van der Waals surface area contributed by atoms with Crippen molar-refractivity contribution in [3.05, 3.63) is 35.1 Å². The Morgan fingerprint density at radius 3 is 2.55 bits per heavy atom. The lowest BCUT2D eigenvalue weighted by atomic mass is 10.1. The maximum atomic E-state index is 12.8. The van der Waals surface area contributed by atoms with Crippen molar-refractivity contribution in [1.82, 2.24) is 0 Å². The van der Waals surface area contributed by atoms with Crippen molar-refractivity contribution in [1.29, 1.82) is 0 Å². The number of halogens is 1. The highest BCUT2D eigenvalue weighted by Crippen LogP contribution is 2.14. The van der Waals surface area contributed by atoms with Gasteiger partial charge in [0.05, 0.1) is 5.56 Å². The molecule has 1 aromatic rings. The Morgan fingerprint density at radius 1 is 1.55 bits per heavy atom. The van der Waals surface area contributed by atoms with E-state index in [0.29, 0.717) is 5.56 Å². The van der Waals surface area contributed by atoms with Crippen molar-refractivity contribution in [2.24, 2.45) is 0 Å². The predicted molar refractivity (Wildman–Crippen MR) is 44.5 cm³/mol. The summed E-state index contributed by atoms with van der Waals surface area (Å²) in [5.41, 5.74) is 0.681. The molecule has 1 nitrogen and oxygen atoms in total. The Labute approximate surface area is 69.6 Å². The van der Waals surface area contributed by atoms with Gasteiger partial charge in [-0.2, -0.15) is 0 Å². The molecule has 11 heavy (non-hydrogen) atoms. The predicted octanol–water partition coefficient (Wildman–Crippen LogP) is 2.20. The van der Waals surface area contributed by atoms with E-state index >= 15 is 0 Å². The van der Waals surface area contributed by atoms with Crippen LogP contribution in [-0.2, 0) is 0 Å². The average Bonchev–Trinajstić information content (AvgIpc) is 1.85. The summed E-state index contributed by atoms with van der Waals surface area (Å²) < 4.78 is 12.8. The number of thiol groups is 1. The summed E-state index contributed by atoms with van der Waals surface area (Å²) in [6.07, 6.45) is 0. The molecular weight excluding hydrogens is 163 g/mol. The molecule has 0 aliphatic heterocycles. The second-order valence-electron chi connectivity index (χ2n) is 2.24. The Hall–Kier alpha value is -0.830. The van der Waals surface area contributed by atoms with Crippen molar-refractivity contribution in [2.75, 3.05) is 0 Å². The van der Waals surface area contributed by atoms with Crippen LogP contribution in [0.1, 0.15) is 15.9 Å². The van der Waals surface area contributed by atoms with Crippen LogP contribution in [0.4, 0.5) is 4.39 Å². The molecule has 0 fully saturated rings. The minimum Gasteiger partial charge on any atom is -0.282 e. The molecule has 0 spiro atoms. The van der Waals surface area contributed by atoms with Crippen LogP contribution < -0.4 is 0 Å². The first-order valence-corrected chi connectivity index (χ1v) is 3.56. The number of carbonyl (C=O) groups excluding carboxylic acids is 1. The zero-order valence-electron chi connectivity index (χ0n) is 5.97. The summed E-state index contributed by atoms with van der Waals surface area (Å²) >= 11 is 3.55. The number of aryl methyl sites for hydroxylation is 1. The first-order valence-electron chi connectivity index (χ1n) is 3.11. The fraction of sp³-hybridized carbons (Fsp3) is 0.125. The van der Waals surface area contributed by atoms with E-state index in [2.05, 4.69) is 12.6 Å². The van der Waals surface area contributed by atoms with E-state index in [4.69, 9.17) is 0 Å². The molecule has 0 aromatic heterocycles. The number of rotatable bonds is 1. The second kappa shape index (κ2) is 3.05. The third-order valence-electron chi connectivity index (χ3n) is 1.44. The van der Waals surface area contributed by atoms with Crippen molar-refractivity contribution >= 4 is 17.7 Å². The molecule has 1 aromatic carbocycles. The van der Waals surface area contributed by atoms with Crippen LogP contribution in [0.5, 0.6) is 0 Å². The summed E-state index contributed by atoms with van der Waals surface area (Å²) in [5, 5.41) is -0.527. The maximum Gasteiger partial charge on any atom is 0.219 e. The van der Waals surface area contributed by atoms with Gasteiger partial charge in [-0.1, -0.05) is 12.1 Å². The van der Waals surface area contributed by atoms with Crippen LogP contribution in [-0.4, -0.2) is 5.12 Å². The van der Waals surface area contributed by atoms with Gasteiger partial charge in [0.25, 0.3) is 0 Å². The van der Waals surface area contributed by atoms with Crippen LogP contribution in [0.25, 0.3) is 0 Å². The van der Waals surface area contributed by atoms with Gasteiger partial charge >= 0.3 is 0 Å². The highest BCUT2D eigenvalue weighted by atomic mass is 32.1.